The van der Waals surface area contributed by atoms with Gasteiger partial charge in [-0.25, -0.2) is 32.4 Å². The Hall–Kier alpha value is -3.16. The van der Waals surface area contributed by atoms with E-state index in [9.17, 15) is 0 Å². The quantitative estimate of drug-likeness (QED) is 0.296. The number of aryl methyl sites for hydroxylation is 8. The van der Waals surface area contributed by atoms with Crippen molar-refractivity contribution in [2.75, 3.05) is 0 Å². The van der Waals surface area contributed by atoms with Gasteiger partial charge in [0, 0.05) is 59.0 Å². The second-order valence-electron chi connectivity index (χ2n) is 9.34. The maximum Gasteiger partial charge on any atom is 0.253 e. The average Bonchev–Trinajstić information content (AvgIpc) is 3.57. The van der Waals surface area contributed by atoms with Gasteiger partial charge in [0.2, 0.25) is 0 Å². The molecule has 0 amide bonds. The maximum atomic E-state index is 4.31. The highest BCUT2D eigenvalue weighted by molar-refractivity contribution is 4.88. The fourth-order valence-corrected chi connectivity index (χ4v) is 4.74. The lowest BCUT2D eigenvalue weighted by molar-refractivity contribution is -0.704. The highest BCUT2D eigenvalue weighted by atomic mass is 15.2. The molecule has 34 heavy (non-hydrogen) atoms. The Morgan fingerprint density at radius 3 is 1.62 bits per heavy atom. The van der Waals surface area contributed by atoms with Crippen LogP contribution in [0.2, 0.25) is 0 Å². The van der Waals surface area contributed by atoms with Crippen LogP contribution < -0.4 is 13.7 Å². The molecule has 0 saturated carbocycles. The minimum absolute atomic E-state index is 1.01. The molecule has 0 aromatic carbocycles. The van der Waals surface area contributed by atoms with Gasteiger partial charge in [-0.1, -0.05) is 0 Å². The summed E-state index contributed by atoms with van der Waals surface area (Å²) in [6.07, 6.45) is 20.5. The molecule has 0 spiro atoms. The summed E-state index contributed by atoms with van der Waals surface area (Å²) >= 11 is 0. The summed E-state index contributed by atoms with van der Waals surface area (Å²) in [5.41, 5.74) is 0. The van der Waals surface area contributed by atoms with Crippen LogP contribution in [0.5, 0.6) is 0 Å². The van der Waals surface area contributed by atoms with E-state index >= 15 is 0 Å². The lowest BCUT2D eigenvalue weighted by atomic mass is 10.4. The maximum absolute atomic E-state index is 4.31. The molecule has 4 aromatic heterocycles. The van der Waals surface area contributed by atoms with E-state index in [4.69, 9.17) is 0 Å². The molecule has 8 heteroatoms. The first kappa shape index (κ1) is 24.0. The normalized spacial score (nSPS) is 11.6. The largest absolute Gasteiger partial charge is 0.335 e. The van der Waals surface area contributed by atoms with Crippen molar-refractivity contribution in [3.05, 3.63) is 72.9 Å². The Balaban J connectivity index is 1.22. The molecule has 0 atom stereocenters. The molecular weight excluding hydrogens is 424 g/mol. The average molecular weight is 466 g/mol. The molecule has 0 radical (unpaired) electrons. The zero-order valence-electron chi connectivity index (χ0n) is 21.6. The van der Waals surface area contributed by atoms with E-state index in [0.717, 1.165) is 64.4 Å². The third-order valence-electron chi connectivity index (χ3n) is 7.23. The molecule has 182 valence electrons. The summed E-state index contributed by atoms with van der Waals surface area (Å²) in [7, 11) is 2.10. The monoisotopic (exact) mass is 465 g/mol. The Kier molecular flexibility index (Phi) is 7.65. The Morgan fingerprint density at radius 1 is 0.618 bits per heavy atom. The molecule has 0 fully saturated rings. The Morgan fingerprint density at radius 2 is 1.12 bits per heavy atom. The van der Waals surface area contributed by atoms with Crippen LogP contribution in [0, 0.1) is 27.7 Å². The molecule has 0 unspecified atom stereocenters. The van der Waals surface area contributed by atoms with Gasteiger partial charge in [-0.15, -0.1) is 0 Å². The van der Waals surface area contributed by atoms with Crippen molar-refractivity contribution in [2.24, 2.45) is 7.05 Å². The smallest absolute Gasteiger partial charge is 0.253 e. The van der Waals surface area contributed by atoms with E-state index < -0.39 is 0 Å². The second-order valence-corrected chi connectivity index (χ2v) is 9.34. The fraction of sp³-hybridized carbons (Fsp3) is 0.538. The van der Waals surface area contributed by atoms with Crippen molar-refractivity contribution in [1.29, 1.82) is 0 Å². The van der Waals surface area contributed by atoms with E-state index in [-0.39, 0.29) is 0 Å². The molecule has 0 aliphatic rings. The summed E-state index contributed by atoms with van der Waals surface area (Å²) in [5.74, 6) is 5.06. The lowest BCUT2D eigenvalue weighted by Crippen LogP contribution is -2.37. The second kappa shape index (κ2) is 10.8. The molecule has 4 rings (SSSR count). The van der Waals surface area contributed by atoms with E-state index in [2.05, 4.69) is 115 Å². The van der Waals surface area contributed by atoms with Gasteiger partial charge in [-0.05, 0) is 6.92 Å². The predicted molar refractivity (Wildman–Crippen MR) is 130 cm³/mol. The van der Waals surface area contributed by atoms with Crippen LogP contribution >= 0.6 is 0 Å². The Bertz CT molecular complexity index is 1210. The summed E-state index contributed by atoms with van der Waals surface area (Å²) in [4.78, 5) is 4.31. The minimum Gasteiger partial charge on any atom is -0.335 e. The SMILES string of the molecule is Cc1nccn1CCCn1cc[n+](CCCn2cc[n+](CCCn3cc[n+](C)c3C)c2C)c1C. The number of hydrogen-bond donors (Lipinski definition) is 0. The van der Waals surface area contributed by atoms with Gasteiger partial charge in [0.1, 0.15) is 43.0 Å². The van der Waals surface area contributed by atoms with Gasteiger partial charge >= 0.3 is 0 Å². The standard InChI is InChI=1S/C26H41N8/c1-23-27-9-16-29(23)10-6-12-31-19-20-33(25(31)3)14-8-15-34-22-21-32(26(34)4)13-7-11-30-18-17-28(5)24(30)2/h9,16-22H,6-8,10-15H2,1-5H3/q+3. The third-order valence-corrected chi connectivity index (χ3v) is 7.23. The lowest BCUT2D eigenvalue weighted by Gasteiger charge is -2.05. The molecule has 0 saturated heterocycles. The van der Waals surface area contributed by atoms with Gasteiger partial charge in [-0.2, -0.15) is 0 Å². The van der Waals surface area contributed by atoms with Crippen LogP contribution in [0.4, 0.5) is 0 Å². The number of aromatic nitrogens is 8. The summed E-state index contributed by atoms with van der Waals surface area (Å²) < 4.78 is 16.3. The van der Waals surface area contributed by atoms with Crippen LogP contribution in [0.15, 0.2) is 49.6 Å². The summed E-state index contributed by atoms with van der Waals surface area (Å²) in [5, 5.41) is 0. The van der Waals surface area contributed by atoms with Gasteiger partial charge in [-0.3, -0.25) is 0 Å². The highest BCUT2D eigenvalue weighted by Gasteiger charge is 2.16. The van der Waals surface area contributed by atoms with Crippen LogP contribution in [0.25, 0.3) is 0 Å². The van der Waals surface area contributed by atoms with Gasteiger partial charge in [0.25, 0.3) is 17.5 Å². The third kappa shape index (κ3) is 5.48. The van der Waals surface area contributed by atoms with Crippen molar-refractivity contribution in [3.63, 3.8) is 0 Å². The van der Waals surface area contributed by atoms with Crippen molar-refractivity contribution in [1.82, 2.24) is 23.3 Å². The number of nitrogens with zero attached hydrogens (tertiary/aromatic N) is 8. The molecule has 0 bridgehead atoms. The van der Waals surface area contributed by atoms with Crippen LogP contribution in [0.1, 0.15) is 42.6 Å². The van der Waals surface area contributed by atoms with E-state index in [1.807, 2.05) is 6.20 Å². The van der Waals surface area contributed by atoms with Crippen molar-refractivity contribution in [2.45, 2.75) is 86.2 Å². The molecule has 8 nitrogen and oxygen atoms in total. The van der Waals surface area contributed by atoms with Crippen LogP contribution in [0.3, 0.4) is 0 Å². The zero-order valence-corrected chi connectivity index (χ0v) is 21.6. The molecule has 4 aromatic rings. The first-order valence-electron chi connectivity index (χ1n) is 12.5. The van der Waals surface area contributed by atoms with Crippen molar-refractivity contribution >= 4 is 0 Å². The summed E-state index contributed by atoms with van der Waals surface area (Å²) in [6, 6.07) is 0. The number of imidazole rings is 4. The first-order chi connectivity index (χ1) is 16.4. The number of hydrogen-bond acceptors (Lipinski definition) is 1. The number of rotatable bonds is 12. The first-order valence-corrected chi connectivity index (χ1v) is 12.5. The van der Waals surface area contributed by atoms with Crippen LogP contribution in [-0.4, -0.2) is 23.3 Å². The Labute approximate surface area is 203 Å². The van der Waals surface area contributed by atoms with E-state index in [0.29, 0.717) is 0 Å². The van der Waals surface area contributed by atoms with Crippen LogP contribution in [-0.2, 0) is 46.3 Å². The molecular formula is C26H41N8+3. The van der Waals surface area contributed by atoms with Gasteiger partial charge < -0.3 is 4.57 Å². The van der Waals surface area contributed by atoms with Crippen molar-refractivity contribution < 1.29 is 13.7 Å². The zero-order chi connectivity index (χ0) is 24.1. The molecule has 0 aliphatic carbocycles. The highest BCUT2D eigenvalue weighted by Crippen LogP contribution is 2.03. The molecule has 4 heterocycles. The summed E-state index contributed by atoms with van der Waals surface area (Å²) in [6.45, 7) is 14.9. The van der Waals surface area contributed by atoms with Crippen molar-refractivity contribution in [3.8, 4) is 0 Å². The minimum atomic E-state index is 1.01. The van der Waals surface area contributed by atoms with Gasteiger partial charge in [0.15, 0.2) is 0 Å². The van der Waals surface area contributed by atoms with E-state index in [1.165, 1.54) is 17.5 Å². The predicted octanol–water partition coefficient (Wildman–Crippen LogP) is 2.19. The van der Waals surface area contributed by atoms with Gasteiger partial charge in [0.05, 0.1) is 39.8 Å². The topological polar surface area (TPSA) is 44.2 Å². The molecule has 0 N–H and O–H groups in total. The molecule has 0 aliphatic heterocycles. The van der Waals surface area contributed by atoms with E-state index in [1.54, 1.807) is 0 Å². The fourth-order valence-electron chi connectivity index (χ4n) is 4.74.